The molecule has 0 unspecified atom stereocenters. The SMILES string of the molecule is CCOc1cc([C@@H]2NC(=O)N[C@](O)(C(F)(F)F)[C@@H]2C(=O)c2ccccc2)ccc1O. The Hall–Kier alpha value is -3.27. The van der Waals surface area contributed by atoms with Gasteiger partial charge in [-0.15, -0.1) is 0 Å². The van der Waals surface area contributed by atoms with E-state index in [2.05, 4.69) is 5.32 Å². The van der Waals surface area contributed by atoms with Crippen molar-refractivity contribution < 1.29 is 37.7 Å². The van der Waals surface area contributed by atoms with Crippen molar-refractivity contribution in [3.8, 4) is 11.5 Å². The number of ether oxygens (including phenoxy) is 1. The molecule has 4 N–H and O–H groups in total. The van der Waals surface area contributed by atoms with Crippen LogP contribution in [0.1, 0.15) is 28.9 Å². The first-order valence-electron chi connectivity index (χ1n) is 9.01. The van der Waals surface area contributed by atoms with Crippen LogP contribution in [0.5, 0.6) is 11.5 Å². The number of Topliss-reactive ketones (excluding diaryl/α,β-unsaturated/α-hetero) is 1. The van der Waals surface area contributed by atoms with Crippen LogP contribution in [0.25, 0.3) is 0 Å². The monoisotopic (exact) mass is 424 g/mol. The molecule has 0 spiro atoms. The van der Waals surface area contributed by atoms with E-state index in [1.165, 1.54) is 47.8 Å². The first-order chi connectivity index (χ1) is 14.1. The number of phenolic OH excluding ortho intramolecular Hbond substituents is 1. The fraction of sp³-hybridized carbons (Fsp3) is 0.300. The molecule has 160 valence electrons. The van der Waals surface area contributed by atoms with Gasteiger partial charge in [-0.05, 0) is 24.6 Å². The lowest BCUT2D eigenvalue weighted by atomic mass is 9.77. The zero-order valence-electron chi connectivity index (χ0n) is 15.7. The smallest absolute Gasteiger partial charge is 0.437 e. The van der Waals surface area contributed by atoms with Gasteiger partial charge in [-0.2, -0.15) is 13.2 Å². The van der Waals surface area contributed by atoms with Crippen LogP contribution in [0.2, 0.25) is 0 Å². The predicted octanol–water partition coefficient (Wildman–Crippen LogP) is 2.89. The van der Waals surface area contributed by atoms with E-state index < -0.39 is 35.7 Å². The molecule has 2 amide bonds. The number of aromatic hydroxyl groups is 1. The van der Waals surface area contributed by atoms with Gasteiger partial charge in [0.15, 0.2) is 17.3 Å². The highest BCUT2D eigenvalue weighted by Gasteiger charge is 2.66. The zero-order valence-corrected chi connectivity index (χ0v) is 15.7. The number of urea groups is 1. The minimum absolute atomic E-state index is 0.0377. The quantitative estimate of drug-likeness (QED) is 0.552. The molecule has 1 saturated heterocycles. The molecule has 0 saturated carbocycles. The van der Waals surface area contributed by atoms with Crippen molar-refractivity contribution in [2.24, 2.45) is 5.92 Å². The molecule has 10 heteroatoms. The van der Waals surface area contributed by atoms with Crippen LogP contribution in [0.3, 0.4) is 0 Å². The van der Waals surface area contributed by atoms with Gasteiger partial charge in [0.2, 0.25) is 5.72 Å². The summed E-state index contributed by atoms with van der Waals surface area (Å²) in [5.41, 5.74) is -3.85. The Kier molecular flexibility index (Phi) is 5.62. The van der Waals surface area contributed by atoms with E-state index in [4.69, 9.17) is 4.74 Å². The number of alkyl halides is 3. The van der Waals surface area contributed by atoms with Gasteiger partial charge in [0.25, 0.3) is 0 Å². The number of halogens is 3. The minimum Gasteiger partial charge on any atom is -0.504 e. The number of ketones is 1. The van der Waals surface area contributed by atoms with Crippen molar-refractivity contribution in [2.45, 2.75) is 24.9 Å². The minimum atomic E-state index is -5.35. The average molecular weight is 424 g/mol. The molecule has 2 aromatic carbocycles. The van der Waals surface area contributed by atoms with Crippen LogP contribution in [-0.4, -0.2) is 40.5 Å². The van der Waals surface area contributed by atoms with E-state index in [1.807, 2.05) is 0 Å². The highest BCUT2D eigenvalue weighted by atomic mass is 19.4. The predicted molar refractivity (Wildman–Crippen MR) is 99.0 cm³/mol. The second-order valence-electron chi connectivity index (χ2n) is 6.71. The summed E-state index contributed by atoms with van der Waals surface area (Å²) in [4.78, 5) is 25.1. The van der Waals surface area contributed by atoms with Crippen molar-refractivity contribution in [3.63, 3.8) is 0 Å². The lowest BCUT2D eigenvalue weighted by molar-refractivity contribution is -0.287. The maximum atomic E-state index is 13.9. The van der Waals surface area contributed by atoms with Gasteiger partial charge in [0.05, 0.1) is 12.6 Å². The Bertz CT molecular complexity index is 951. The van der Waals surface area contributed by atoms with Crippen molar-refractivity contribution in [1.29, 1.82) is 0 Å². The topological polar surface area (TPSA) is 108 Å². The molecule has 0 bridgehead atoms. The Morgan fingerprint density at radius 3 is 2.47 bits per heavy atom. The number of aliphatic hydroxyl groups is 1. The summed E-state index contributed by atoms with van der Waals surface area (Å²) in [5, 5.41) is 24.2. The van der Waals surface area contributed by atoms with Crippen LogP contribution in [-0.2, 0) is 0 Å². The molecule has 2 aromatic rings. The summed E-state index contributed by atoms with van der Waals surface area (Å²) in [6, 6.07) is 7.93. The lowest BCUT2D eigenvalue weighted by Crippen LogP contribution is -2.72. The van der Waals surface area contributed by atoms with Gasteiger partial charge >= 0.3 is 12.2 Å². The van der Waals surface area contributed by atoms with Gasteiger partial charge in [-0.25, -0.2) is 4.79 Å². The number of carbonyl (C=O) groups is 2. The zero-order chi connectivity index (χ0) is 22.1. The van der Waals surface area contributed by atoms with E-state index in [0.717, 1.165) is 0 Å². The van der Waals surface area contributed by atoms with Gasteiger partial charge in [-0.1, -0.05) is 36.4 Å². The average Bonchev–Trinajstić information content (AvgIpc) is 2.68. The maximum Gasteiger partial charge on any atom is 0.437 e. The van der Waals surface area contributed by atoms with Crippen LogP contribution in [0.4, 0.5) is 18.0 Å². The normalized spacial score (nSPS) is 24.0. The number of phenols is 1. The number of nitrogens with one attached hydrogen (secondary N) is 2. The fourth-order valence-corrected chi connectivity index (χ4v) is 3.39. The third-order valence-corrected chi connectivity index (χ3v) is 4.79. The van der Waals surface area contributed by atoms with E-state index >= 15 is 0 Å². The molecular formula is C20H19F3N2O5. The first kappa shape index (κ1) is 21.4. The molecule has 1 aliphatic heterocycles. The Labute approximate surface area is 169 Å². The van der Waals surface area contributed by atoms with Crippen molar-refractivity contribution in [3.05, 3.63) is 59.7 Å². The Balaban J connectivity index is 2.17. The molecule has 1 aliphatic rings. The molecule has 1 fully saturated rings. The van der Waals surface area contributed by atoms with Crippen LogP contribution in [0.15, 0.2) is 48.5 Å². The highest BCUT2D eigenvalue weighted by Crippen LogP contribution is 2.45. The fourth-order valence-electron chi connectivity index (χ4n) is 3.39. The van der Waals surface area contributed by atoms with Gasteiger partial charge in [-0.3, -0.25) is 4.79 Å². The molecule has 1 heterocycles. The summed E-state index contributed by atoms with van der Waals surface area (Å²) in [7, 11) is 0. The molecule has 0 aliphatic carbocycles. The summed E-state index contributed by atoms with van der Waals surface area (Å²) in [6.45, 7) is 1.80. The molecule has 0 radical (unpaired) electrons. The van der Waals surface area contributed by atoms with Crippen LogP contribution < -0.4 is 15.4 Å². The molecule has 30 heavy (non-hydrogen) atoms. The van der Waals surface area contributed by atoms with Crippen molar-refractivity contribution >= 4 is 11.8 Å². The van der Waals surface area contributed by atoms with Crippen molar-refractivity contribution in [2.75, 3.05) is 6.61 Å². The Morgan fingerprint density at radius 1 is 1.20 bits per heavy atom. The molecule has 3 atom stereocenters. The number of rotatable bonds is 5. The van der Waals surface area contributed by atoms with Gasteiger partial charge in [0.1, 0.15) is 5.92 Å². The van der Waals surface area contributed by atoms with E-state index in [9.17, 15) is 33.0 Å². The second kappa shape index (κ2) is 7.86. The number of carbonyl (C=O) groups excluding carboxylic acids is 2. The lowest BCUT2D eigenvalue weighted by Gasteiger charge is -2.45. The van der Waals surface area contributed by atoms with E-state index in [0.29, 0.717) is 0 Å². The Morgan fingerprint density at radius 2 is 1.87 bits per heavy atom. The third kappa shape index (κ3) is 3.78. The maximum absolute atomic E-state index is 13.9. The van der Waals surface area contributed by atoms with E-state index in [1.54, 1.807) is 13.0 Å². The van der Waals surface area contributed by atoms with Gasteiger partial charge in [0, 0.05) is 5.56 Å². The molecule has 0 aromatic heterocycles. The standard InChI is InChI=1S/C20H19F3N2O5/c1-2-30-14-10-12(8-9-13(14)26)16-15(17(27)11-6-4-3-5-7-11)19(29,20(21,22)23)25-18(28)24-16/h3-10,15-16,26,29H,2H2,1H3,(H2,24,25,28)/t15-,16-,19+/m0/s1. The second-order valence-corrected chi connectivity index (χ2v) is 6.71. The summed E-state index contributed by atoms with van der Waals surface area (Å²) in [6.07, 6.45) is -5.35. The van der Waals surface area contributed by atoms with Crippen LogP contribution >= 0.6 is 0 Å². The van der Waals surface area contributed by atoms with Gasteiger partial charge < -0.3 is 25.6 Å². The van der Waals surface area contributed by atoms with Crippen molar-refractivity contribution in [1.82, 2.24) is 10.6 Å². The summed E-state index contributed by atoms with van der Waals surface area (Å²) >= 11 is 0. The molecule has 7 nitrogen and oxygen atoms in total. The van der Waals surface area contributed by atoms with Crippen LogP contribution in [0, 0.1) is 5.92 Å². The molecule has 3 rings (SSSR count). The number of benzene rings is 2. The highest BCUT2D eigenvalue weighted by molar-refractivity contribution is 6.00. The summed E-state index contributed by atoms with van der Waals surface area (Å²) in [5.74, 6) is -3.49. The first-order valence-corrected chi connectivity index (χ1v) is 9.01. The number of amides is 2. The number of hydrogen-bond donors (Lipinski definition) is 4. The summed E-state index contributed by atoms with van der Waals surface area (Å²) < 4.78 is 46.9. The number of hydrogen-bond acceptors (Lipinski definition) is 5. The third-order valence-electron chi connectivity index (χ3n) is 4.79. The van der Waals surface area contributed by atoms with E-state index in [-0.39, 0.29) is 29.2 Å². The molecular weight excluding hydrogens is 405 g/mol. The largest absolute Gasteiger partial charge is 0.504 e.